The Kier molecular flexibility index (Phi) is 12.7. The molecule has 1 aromatic heterocycles. The zero-order valence-electron chi connectivity index (χ0n) is 23.2. The van der Waals surface area contributed by atoms with E-state index in [4.69, 9.17) is 32.7 Å². The Bertz CT molecular complexity index is 1360. The van der Waals surface area contributed by atoms with Crippen LogP contribution in [0.25, 0.3) is 10.9 Å². The molecule has 40 heavy (non-hydrogen) atoms. The van der Waals surface area contributed by atoms with Gasteiger partial charge in [-0.25, -0.2) is 19.6 Å². The topological polar surface area (TPSA) is 140 Å². The van der Waals surface area contributed by atoms with E-state index in [-0.39, 0.29) is 5.82 Å². The van der Waals surface area contributed by atoms with Gasteiger partial charge in [-0.2, -0.15) is 0 Å². The van der Waals surface area contributed by atoms with E-state index in [1.165, 1.54) is 20.5 Å². The molecule has 0 spiro atoms. The van der Waals surface area contributed by atoms with E-state index in [0.29, 0.717) is 50.9 Å². The molecule has 0 atom stereocenters. The minimum absolute atomic E-state index is 0.283. The summed E-state index contributed by atoms with van der Waals surface area (Å²) in [5.41, 5.74) is 5.51. The first-order valence-electron chi connectivity index (χ1n) is 12.5. The van der Waals surface area contributed by atoms with Crippen LogP contribution in [-0.2, 0) is 4.74 Å². The van der Waals surface area contributed by atoms with Crippen molar-refractivity contribution in [3.63, 3.8) is 0 Å². The highest BCUT2D eigenvalue weighted by atomic mass is 35.5. The Morgan fingerprint density at radius 3 is 2.40 bits per heavy atom. The molecule has 0 radical (unpaired) electrons. The van der Waals surface area contributed by atoms with Crippen LogP contribution in [0.1, 0.15) is 45.6 Å². The van der Waals surface area contributed by atoms with Gasteiger partial charge in [0.1, 0.15) is 23.5 Å². The maximum atomic E-state index is 12.6. The van der Waals surface area contributed by atoms with Crippen LogP contribution >= 0.6 is 23.2 Å². The maximum Gasteiger partial charge on any atom is 0.407 e. The van der Waals surface area contributed by atoms with Gasteiger partial charge in [0.15, 0.2) is 0 Å². The molecular formula is C28H34Cl2N6O4. The van der Waals surface area contributed by atoms with Gasteiger partial charge >= 0.3 is 12.1 Å². The third-order valence-electron chi connectivity index (χ3n) is 5.01. The van der Waals surface area contributed by atoms with Crippen LogP contribution in [0.15, 0.2) is 36.7 Å². The number of hydrogen-bond donors (Lipinski definition) is 4. The summed E-state index contributed by atoms with van der Waals surface area (Å²) in [5, 5.41) is 9.26. The second-order valence-electron chi connectivity index (χ2n) is 9.16. The monoisotopic (exact) mass is 588 g/mol. The molecule has 0 fully saturated rings. The highest BCUT2D eigenvalue weighted by molar-refractivity contribution is 6.39. The number of para-hydroxylation sites is 1. The first-order valence-corrected chi connectivity index (χ1v) is 13.2. The van der Waals surface area contributed by atoms with Crippen LogP contribution in [-0.4, -0.2) is 48.4 Å². The number of anilines is 2. The molecule has 0 saturated heterocycles. The highest BCUT2D eigenvalue weighted by Crippen LogP contribution is 2.31. The molecule has 3 amide bonds. The summed E-state index contributed by atoms with van der Waals surface area (Å²) in [5.74, 6) is 7.05. The Hall–Kier alpha value is -3.78. The molecule has 10 nitrogen and oxygen atoms in total. The van der Waals surface area contributed by atoms with Gasteiger partial charge in [-0.15, -0.1) is 0 Å². The Morgan fingerprint density at radius 2 is 1.75 bits per heavy atom. The fraction of sp³-hybridized carbons (Fsp3) is 0.357. The highest BCUT2D eigenvalue weighted by Gasteiger charge is 2.16. The van der Waals surface area contributed by atoms with E-state index in [1.807, 2.05) is 20.8 Å². The molecule has 12 heteroatoms. The summed E-state index contributed by atoms with van der Waals surface area (Å²) in [6.07, 6.45) is 3.14. The number of carbonyl (C=O) groups excluding carboxylic acids is 2. The Balaban J connectivity index is 0.00000274. The molecule has 1 heterocycles. The van der Waals surface area contributed by atoms with Crippen molar-refractivity contribution in [3.05, 3.63) is 52.3 Å². The van der Waals surface area contributed by atoms with Gasteiger partial charge in [0.25, 0.3) is 0 Å². The van der Waals surface area contributed by atoms with Crippen molar-refractivity contribution in [1.82, 2.24) is 15.3 Å². The Labute approximate surface area is 244 Å². The zero-order valence-corrected chi connectivity index (χ0v) is 24.7. The molecule has 0 aliphatic heterocycles. The summed E-state index contributed by atoms with van der Waals surface area (Å²) in [4.78, 5) is 32.8. The molecule has 3 rings (SSSR count). The molecule has 0 bridgehead atoms. The number of nitrogens with zero attached hydrogens (tertiary/aromatic N) is 2. The van der Waals surface area contributed by atoms with Gasteiger partial charge in [0.2, 0.25) is 0 Å². The minimum atomic E-state index is -0.566. The smallest absolute Gasteiger partial charge is 0.407 e. The van der Waals surface area contributed by atoms with Crippen LogP contribution in [0, 0.1) is 11.8 Å². The maximum absolute atomic E-state index is 12.6. The van der Waals surface area contributed by atoms with Crippen molar-refractivity contribution >= 4 is 57.7 Å². The molecule has 0 aliphatic carbocycles. The van der Waals surface area contributed by atoms with Crippen molar-refractivity contribution in [2.24, 2.45) is 5.73 Å². The predicted octanol–water partition coefficient (Wildman–Crippen LogP) is 6.21. The molecule has 214 valence electrons. The number of ether oxygens (including phenoxy) is 2. The van der Waals surface area contributed by atoms with E-state index < -0.39 is 17.7 Å². The lowest BCUT2D eigenvalue weighted by Gasteiger charge is -2.19. The van der Waals surface area contributed by atoms with Crippen molar-refractivity contribution in [3.8, 4) is 17.6 Å². The number of fused-ring (bicyclic) bond motifs is 1. The molecule has 2 aromatic carbocycles. The number of amides is 3. The SMILES string of the molecule is CN.COc1cc2c(NC(=O)Nc3c(Cl)cccc3Cl)ncnc2cc1C#CCCCCNC(=O)OC(C)(C)C. The number of nitrogens with two attached hydrogens (primary N) is 1. The number of nitrogens with one attached hydrogen (secondary N) is 3. The van der Waals surface area contributed by atoms with Crippen LogP contribution < -0.4 is 26.4 Å². The second-order valence-corrected chi connectivity index (χ2v) is 9.97. The van der Waals surface area contributed by atoms with Crippen molar-refractivity contribution in [1.29, 1.82) is 0 Å². The number of hydrogen-bond acceptors (Lipinski definition) is 7. The number of methoxy groups -OCH3 is 1. The number of carbonyl (C=O) groups is 2. The molecule has 0 saturated carbocycles. The van der Waals surface area contributed by atoms with Crippen LogP contribution in [0.2, 0.25) is 10.0 Å². The standard InChI is InChI=1S/C27H29Cl2N5O4.CH5N/c1-27(2,3)38-26(36)30-13-8-6-5-7-10-17-14-21-18(15-22(17)37-4)24(32-16-31-21)34-25(35)33-23-19(28)11-9-12-20(23)29;1-2/h9,11-12,14-16H,5-6,8,13H2,1-4H3,(H,30,36)(H2,31,32,33,34,35);2H2,1H3. The quantitative estimate of drug-likeness (QED) is 0.190. The third kappa shape index (κ3) is 10.1. The van der Waals surface area contributed by atoms with Gasteiger partial charge in [-0.05, 0) is 64.9 Å². The zero-order chi connectivity index (χ0) is 29.7. The van der Waals surface area contributed by atoms with Crippen LogP contribution in [0.3, 0.4) is 0 Å². The summed E-state index contributed by atoms with van der Waals surface area (Å²) < 4.78 is 10.7. The summed E-state index contributed by atoms with van der Waals surface area (Å²) in [7, 11) is 3.04. The summed E-state index contributed by atoms with van der Waals surface area (Å²) in [6.45, 7) is 5.98. The lowest BCUT2D eigenvalue weighted by atomic mass is 10.1. The third-order valence-corrected chi connectivity index (χ3v) is 5.64. The fourth-order valence-electron chi connectivity index (χ4n) is 3.32. The molecule has 0 aliphatic rings. The Morgan fingerprint density at radius 1 is 1.05 bits per heavy atom. The van der Waals surface area contributed by atoms with Crippen molar-refractivity contribution in [2.45, 2.75) is 45.6 Å². The van der Waals surface area contributed by atoms with Gasteiger partial charge in [0, 0.05) is 18.4 Å². The van der Waals surface area contributed by atoms with Gasteiger partial charge in [-0.1, -0.05) is 41.1 Å². The van der Waals surface area contributed by atoms with Crippen molar-refractivity contribution < 1.29 is 19.1 Å². The largest absolute Gasteiger partial charge is 0.495 e. The summed E-state index contributed by atoms with van der Waals surface area (Å²) in [6, 6.07) is 7.87. The number of halogens is 2. The van der Waals surface area contributed by atoms with Crippen molar-refractivity contribution in [2.75, 3.05) is 31.3 Å². The van der Waals surface area contributed by atoms with E-state index in [2.05, 4.69) is 43.5 Å². The predicted molar refractivity (Wildman–Crippen MR) is 160 cm³/mol. The van der Waals surface area contributed by atoms with E-state index in [1.54, 1.807) is 30.3 Å². The number of aromatic nitrogens is 2. The number of unbranched alkanes of at least 4 members (excludes halogenated alkanes) is 2. The number of rotatable bonds is 7. The van der Waals surface area contributed by atoms with Gasteiger partial charge < -0.3 is 25.8 Å². The average molecular weight is 590 g/mol. The molecule has 5 N–H and O–H groups in total. The number of urea groups is 1. The molecular weight excluding hydrogens is 555 g/mol. The summed E-state index contributed by atoms with van der Waals surface area (Å²) >= 11 is 12.3. The first kappa shape index (κ1) is 32.4. The van der Waals surface area contributed by atoms with E-state index in [9.17, 15) is 9.59 Å². The van der Waals surface area contributed by atoms with Gasteiger partial charge in [0.05, 0.1) is 33.9 Å². The first-order chi connectivity index (χ1) is 19.1. The minimum Gasteiger partial charge on any atom is -0.495 e. The number of benzene rings is 2. The fourth-order valence-corrected chi connectivity index (χ4v) is 3.81. The normalized spacial score (nSPS) is 10.4. The average Bonchev–Trinajstić information content (AvgIpc) is 2.90. The number of alkyl carbamates (subject to hydrolysis) is 1. The van der Waals surface area contributed by atoms with Gasteiger partial charge in [-0.3, -0.25) is 5.32 Å². The second kappa shape index (κ2) is 15.7. The molecule has 3 aromatic rings. The van der Waals surface area contributed by atoms with E-state index in [0.717, 1.165) is 12.8 Å². The van der Waals surface area contributed by atoms with E-state index >= 15 is 0 Å². The van der Waals surface area contributed by atoms with Crippen LogP contribution in [0.4, 0.5) is 21.1 Å². The lowest BCUT2D eigenvalue weighted by Crippen LogP contribution is -2.32. The lowest BCUT2D eigenvalue weighted by molar-refractivity contribution is 0.0527. The van der Waals surface area contributed by atoms with Crippen LogP contribution in [0.5, 0.6) is 5.75 Å². The molecule has 0 unspecified atom stereocenters.